The van der Waals surface area contributed by atoms with Crippen molar-refractivity contribution < 1.29 is 15.3 Å². The molecule has 0 aliphatic carbocycles. The molecule has 0 saturated carbocycles. The van der Waals surface area contributed by atoms with Crippen molar-refractivity contribution in [2.45, 2.75) is 38.9 Å². The molecule has 0 amide bonds. The summed E-state index contributed by atoms with van der Waals surface area (Å²) in [6, 6.07) is 8.38. The molecule has 0 bridgehead atoms. The fourth-order valence-corrected chi connectivity index (χ4v) is 3.48. The Hall–Kier alpha value is -1.55. The molecule has 0 radical (unpaired) electrons. The van der Waals surface area contributed by atoms with Gasteiger partial charge in [0.25, 0.3) is 0 Å². The molecule has 1 heterocycles. The van der Waals surface area contributed by atoms with Gasteiger partial charge in [0.15, 0.2) is 0 Å². The van der Waals surface area contributed by atoms with E-state index in [1.165, 1.54) is 23.5 Å². The zero-order chi connectivity index (χ0) is 18.4. The van der Waals surface area contributed by atoms with Gasteiger partial charge in [-0.15, -0.1) is 17.1 Å². The standard InChI is InChI=1S/C20H23ClO3S/c1-13(2)14(11-19(24)20-7-4-10-25-20)5-3-6-18(23)16-9-8-15(22)12-17(16)21/h3-4,7-10,12-13,18-19,22-24H,6,11H2,1-2H3/t5?,18-,19-/m1/s1. The lowest BCUT2D eigenvalue weighted by Gasteiger charge is -2.13. The molecule has 2 aromatic rings. The molecule has 3 N–H and O–H groups in total. The third kappa shape index (κ3) is 5.74. The van der Waals surface area contributed by atoms with Crippen molar-refractivity contribution in [3.05, 3.63) is 68.6 Å². The van der Waals surface area contributed by atoms with Crippen LogP contribution >= 0.6 is 22.9 Å². The topological polar surface area (TPSA) is 60.7 Å². The normalized spacial score (nSPS) is 13.4. The lowest BCUT2D eigenvalue weighted by molar-refractivity contribution is 0.179. The number of aliphatic hydroxyl groups excluding tert-OH is 2. The summed E-state index contributed by atoms with van der Waals surface area (Å²) >= 11 is 7.59. The minimum Gasteiger partial charge on any atom is -0.508 e. The first-order valence-corrected chi connectivity index (χ1v) is 9.46. The van der Waals surface area contributed by atoms with Gasteiger partial charge in [0.2, 0.25) is 0 Å². The molecule has 0 saturated heterocycles. The summed E-state index contributed by atoms with van der Waals surface area (Å²) in [5.74, 6) is 0.321. The number of phenols is 1. The van der Waals surface area contributed by atoms with Crippen LogP contribution in [0.5, 0.6) is 5.75 Å². The van der Waals surface area contributed by atoms with E-state index in [1.54, 1.807) is 12.1 Å². The Morgan fingerprint density at radius 3 is 2.60 bits per heavy atom. The van der Waals surface area contributed by atoms with Crippen LogP contribution in [-0.2, 0) is 0 Å². The van der Waals surface area contributed by atoms with E-state index in [0.717, 1.165) is 10.5 Å². The maximum Gasteiger partial charge on any atom is 0.117 e. The number of benzene rings is 1. The molecule has 0 aliphatic rings. The fraction of sp³-hybridized carbons (Fsp3) is 0.350. The number of aromatic hydroxyl groups is 1. The van der Waals surface area contributed by atoms with Crippen molar-refractivity contribution in [2.75, 3.05) is 0 Å². The predicted molar refractivity (Wildman–Crippen MR) is 103 cm³/mol. The van der Waals surface area contributed by atoms with Crippen LogP contribution in [-0.4, -0.2) is 15.3 Å². The van der Waals surface area contributed by atoms with Crippen LogP contribution in [0.25, 0.3) is 0 Å². The van der Waals surface area contributed by atoms with Crippen LogP contribution < -0.4 is 0 Å². The molecular weight excluding hydrogens is 356 g/mol. The first kappa shape index (κ1) is 19.8. The highest BCUT2D eigenvalue weighted by atomic mass is 35.5. The molecule has 0 spiro atoms. The van der Waals surface area contributed by atoms with Crippen LogP contribution in [0.4, 0.5) is 0 Å². The van der Waals surface area contributed by atoms with Crippen LogP contribution in [0.3, 0.4) is 0 Å². The number of rotatable bonds is 7. The first-order chi connectivity index (χ1) is 11.9. The number of thiophene rings is 1. The van der Waals surface area contributed by atoms with E-state index >= 15 is 0 Å². The summed E-state index contributed by atoms with van der Waals surface area (Å²) < 4.78 is 0. The Labute approximate surface area is 157 Å². The third-order valence-electron chi connectivity index (χ3n) is 3.95. The van der Waals surface area contributed by atoms with Gasteiger partial charge < -0.3 is 15.3 Å². The van der Waals surface area contributed by atoms with E-state index in [1.807, 2.05) is 17.5 Å². The summed E-state index contributed by atoms with van der Waals surface area (Å²) in [5.41, 5.74) is 4.80. The number of hydrogen-bond acceptors (Lipinski definition) is 4. The second-order valence-corrected chi connectivity index (χ2v) is 7.61. The Kier molecular flexibility index (Phi) is 7.30. The molecule has 2 rings (SSSR count). The lowest BCUT2D eigenvalue weighted by atomic mass is 9.97. The second-order valence-electron chi connectivity index (χ2n) is 6.22. The van der Waals surface area contributed by atoms with Crippen molar-refractivity contribution in [1.82, 2.24) is 0 Å². The summed E-state index contributed by atoms with van der Waals surface area (Å²) in [5, 5.41) is 32.3. The number of hydrogen-bond donors (Lipinski definition) is 3. The fourth-order valence-electron chi connectivity index (χ4n) is 2.47. The molecule has 0 unspecified atom stereocenters. The molecule has 1 aromatic carbocycles. The van der Waals surface area contributed by atoms with E-state index in [9.17, 15) is 15.3 Å². The van der Waals surface area contributed by atoms with Gasteiger partial charge >= 0.3 is 0 Å². The molecule has 2 atom stereocenters. The van der Waals surface area contributed by atoms with Gasteiger partial charge in [0.1, 0.15) is 5.75 Å². The Morgan fingerprint density at radius 2 is 2.00 bits per heavy atom. The van der Waals surface area contributed by atoms with Gasteiger partial charge in [-0.2, -0.15) is 0 Å². The minimum absolute atomic E-state index is 0.0704. The summed E-state index contributed by atoms with van der Waals surface area (Å²) in [6.45, 7) is 4.12. The smallest absolute Gasteiger partial charge is 0.117 e. The van der Waals surface area contributed by atoms with Crippen LogP contribution in [0.15, 0.2) is 53.1 Å². The molecular formula is C20H23ClO3S. The monoisotopic (exact) mass is 378 g/mol. The Bertz CT molecular complexity index is 746. The van der Waals surface area contributed by atoms with Gasteiger partial charge in [-0.1, -0.05) is 37.6 Å². The summed E-state index contributed by atoms with van der Waals surface area (Å²) in [6.07, 6.45) is 1.36. The zero-order valence-corrected chi connectivity index (χ0v) is 15.9. The summed E-state index contributed by atoms with van der Waals surface area (Å²) in [4.78, 5) is 0.941. The molecule has 0 fully saturated rings. The van der Waals surface area contributed by atoms with Gasteiger partial charge in [0.05, 0.1) is 17.2 Å². The van der Waals surface area contributed by atoms with Gasteiger partial charge in [-0.25, -0.2) is 0 Å². The summed E-state index contributed by atoms with van der Waals surface area (Å²) in [7, 11) is 0. The number of halogens is 1. The number of aliphatic hydroxyl groups is 2. The largest absolute Gasteiger partial charge is 0.508 e. The maximum atomic E-state index is 10.3. The molecule has 1 aromatic heterocycles. The van der Waals surface area contributed by atoms with Crippen molar-refractivity contribution in [1.29, 1.82) is 0 Å². The predicted octanol–water partition coefficient (Wildman–Crippen LogP) is 5.39. The van der Waals surface area contributed by atoms with E-state index < -0.39 is 12.2 Å². The van der Waals surface area contributed by atoms with Gasteiger partial charge in [-0.3, -0.25) is 0 Å². The second kappa shape index (κ2) is 9.23. The third-order valence-corrected chi connectivity index (χ3v) is 5.25. The quantitative estimate of drug-likeness (QED) is 0.566. The lowest BCUT2D eigenvalue weighted by Crippen LogP contribution is -2.01. The molecule has 3 nitrogen and oxygen atoms in total. The highest BCUT2D eigenvalue weighted by molar-refractivity contribution is 7.10. The van der Waals surface area contributed by atoms with E-state index in [-0.39, 0.29) is 11.7 Å². The molecule has 5 heteroatoms. The van der Waals surface area contributed by atoms with Crippen LogP contribution in [0, 0.1) is 5.92 Å². The van der Waals surface area contributed by atoms with Crippen molar-refractivity contribution in [3.8, 4) is 5.75 Å². The van der Waals surface area contributed by atoms with Crippen LogP contribution in [0.1, 0.15) is 49.3 Å². The first-order valence-electron chi connectivity index (χ1n) is 8.20. The maximum absolute atomic E-state index is 10.3. The number of phenolic OH excluding ortho intramolecular Hbond substituents is 1. The van der Waals surface area contributed by atoms with E-state index in [0.29, 0.717) is 23.4 Å². The molecule has 25 heavy (non-hydrogen) atoms. The zero-order valence-electron chi connectivity index (χ0n) is 14.3. The van der Waals surface area contributed by atoms with Crippen molar-refractivity contribution in [3.63, 3.8) is 0 Å². The minimum atomic E-state index is -0.767. The van der Waals surface area contributed by atoms with Gasteiger partial charge in [0, 0.05) is 17.7 Å². The Balaban J connectivity index is 2.08. The van der Waals surface area contributed by atoms with Gasteiger partial charge in [-0.05, 0) is 46.7 Å². The van der Waals surface area contributed by atoms with E-state index in [2.05, 4.69) is 19.6 Å². The highest BCUT2D eigenvalue weighted by Gasteiger charge is 2.14. The van der Waals surface area contributed by atoms with Crippen molar-refractivity contribution in [2.24, 2.45) is 5.92 Å². The van der Waals surface area contributed by atoms with E-state index in [4.69, 9.17) is 11.6 Å². The Morgan fingerprint density at radius 1 is 1.24 bits per heavy atom. The van der Waals surface area contributed by atoms with Crippen LogP contribution in [0.2, 0.25) is 5.02 Å². The average molecular weight is 379 g/mol. The highest BCUT2D eigenvalue weighted by Crippen LogP contribution is 2.30. The average Bonchev–Trinajstić information content (AvgIpc) is 3.08. The van der Waals surface area contributed by atoms with Crippen molar-refractivity contribution >= 4 is 22.9 Å². The molecule has 0 aliphatic heterocycles. The SMILES string of the molecule is CC(C)C(=C=CC[C@@H](O)c1ccc(O)cc1Cl)C[C@@H](O)c1cccs1. The molecule has 134 valence electrons.